The summed E-state index contributed by atoms with van der Waals surface area (Å²) in [6, 6.07) is 20.9. The van der Waals surface area contributed by atoms with E-state index in [2.05, 4.69) is 48.5 Å². The molecule has 2 aromatic carbocycles. The van der Waals surface area contributed by atoms with Gasteiger partial charge in [-0.2, -0.15) is 0 Å². The van der Waals surface area contributed by atoms with Gasteiger partial charge in [0.15, 0.2) is 0 Å². The molecular formula is C18H20O2. The van der Waals surface area contributed by atoms with Crippen LogP contribution in [0.25, 0.3) is 0 Å². The molecule has 20 heavy (non-hydrogen) atoms. The molecule has 1 unspecified atom stereocenters. The number of hydrogen-bond acceptors (Lipinski definition) is 2. The fourth-order valence-corrected chi connectivity index (χ4v) is 2.32. The van der Waals surface area contributed by atoms with Crippen molar-refractivity contribution in [3.8, 4) is 0 Å². The first kappa shape index (κ1) is 13.3. The van der Waals surface area contributed by atoms with Gasteiger partial charge >= 0.3 is 0 Å². The Kier molecular flexibility index (Phi) is 4.46. The molecule has 0 bridgehead atoms. The highest BCUT2D eigenvalue weighted by Crippen LogP contribution is 2.28. The average molecular weight is 268 g/mol. The molecule has 2 fully saturated rings. The maximum absolute atomic E-state index is 5.32. The Morgan fingerprint density at radius 2 is 1.30 bits per heavy atom. The molecule has 0 aromatic heterocycles. The van der Waals surface area contributed by atoms with E-state index in [1.807, 2.05) is 12.1 Å². The van der Waals surface area contributed by atoms with Gasteiger partial charge in [0.05, 0.1) is 25.9 Å². The third-order valence-electron chi connectivity index (χ3n) is 3.78. The van der Waals surface area contributed by atoms with E-state index >= 15 is 0 Å². The zero-order valence-corrected chi connectivity index (χ0v) is 11.6. The van der Waals surface area contributed by atoms with E-state index in [9.17, 15) is 0 Å². The van der Waals surface area contributed by atoms with E-state index in [0.717, 1.165) is 19.8 Å². The highest BCUT2D eigenvalue weighted by atomic mass is 16.5. The minimum Gasteiger partial charge on any atom is -0.380 e. The second kappa shape index (κ2) is 6.69. The van der Waals surface area contributed by atoms with E-state index in [1.165, 1.54) is 17.5 Å². The van der Waals surface area contributed by atoms with E-state index in [1.54, 1.807) is 0 Å². The maximum Gasteiger partial charge on any atom is 0.0846 e. The van der Waals surface area contributed by atoms with Gasteiger partial charge in [-0.1, -0.05) is 60.7 Å². The number of rotatable bonds is 2. The lowest BCUT2D eigenvalue weighted by atomic mass is 9.98. The van der Waals surface area contributed by atoms with Crippen LogP contribution in [0.2, 0.25) is 0 Å². The predicted octanol–water partition coefficient (Wildman–Crippen LogP) is 3.95. The molecule has 2 aromatic rings. The minimum absolute atomic E-state index is 0.390. The zero-order valence-electron chi connectivity index (χ0n) is 11.6. The van der Waals surface area contributed by atoms with Gasteiger partial charge in [0, 0.05) is 12.3 Å². The Hall–Kier alpha value is -1.64. The van der Waals surface area contributed by atoms with Gasteiger partial charge in [-0.15, -0.1) is 0 Å². The summed E-state index contributed by atoms with van der Waals surface area (Å²) in [4.78, 5) is 0. The van der Waals surface area contributed by atoms with Gasteiger partial charge < -0.3 is 9.47 Å². The fraction of sp³-hybridized carbons (Fsp3) is 0.333. The van der Waals surface area contributed by atoms with Crippen LogP contribution in [-0.4, -0.2) is 19.8 Å². The van der Waals surface area contributed by atoms with Crippen molar-refractivity contribution in [3.63, 3.8) is 0 Å². The molecule has 2 saturated heterocycles. The molecule has 0 N–H and O–H groups in total. The van der Waals surface area contributed by atoms with Crippen molar-refractivity contribution in [2.75, 3.05) is 19.8 Å². The molecule has 2 heteroatoms. The lowest BCUT2D eigenvalue weighted by Gasteiger charge is -2.26. The van der Waals surface area contributed by atoms with Gasteiger partial charge in [-0.25, -0.2) is 0 Å². The maximum atomic E-state index is 5.32. The van der Waals surface area contributed by atoms with Crippen molar-refractivity contribution < 1.29 is 9.47 Å². The second-order valence-corrected chi connectivity index (χ2v) is 5.20. The van der Waals surface area contributed by atoms with Crippen LogP contribution in [0.15, 0.2) is 60.7 Å². The third kappa shape index (κ3) is 3.27. The van der Waals surface area contributed by atoms with Crippen LogP contribution < -0.4 is 0 Å². The number of ether oxygens (including phenoxy) is 2. The molecule has 0 aliphatic carbocycles. The van der Waals surface area contributed by atoms with Crippen LogP contribution in [-0.2, 0) is 9.47 Å². The standard InChI is InChI=1S/2C9H10O/c1-2-4-8(5-3-1)9-6-10-7-9;1-2-4-8(5-3-1)9-6-7-10-9/h2*1-5,9H,6-7H2. The molecule has 0 spiro atoms. The van der Waals surface area contributed by atoms with Crippen molar-refractivity contribution in [1.29, 1.82) is 0 Å². The SMILES string of the molecule is c1ccc(C2CCO2)cc1.c1ccc(C2COC2)cc1. The molecule has 2 aliphatic heterocycles. The lowest BCUT2D eigenvalue weighted by Crippen LogP contribution is -2.24. The van der Waals surface area contributed by atoms with Crippen LogP contribution >= 0.6 is 0 Å². The van der Waals surface area contributed by atoms with Gasteiger partial charge in [-0.3, -0.25) is 0 Å². The van der Waals surface area contributed by atoms with Crippen LogP contribution in [0.4, 0.5) is 0 Å². The summed E-state index contributed by atoms with van der Waals surface area (Å²) in [5.74, 6) is 0.668. The first-order chi connectivity index (χ1) is 9.93. The second-order valence-electron chi connectivity index (χ2n) is 5.20. The van der Waals surface area contributed by atoms with E-state index < -0.39 is 0 Å². The quantitative estimate of drug-likeness (QED) is 0.821. The predicted molar refractivity (Wildman–Crippen MR) is 79.8 cm³/mol. The third-order valence-corrected chi connectivity index (χ3v) is 3.78. The minimum atomic E-state index is 0.390. The van der Waals surface area contributed by atoms with Gasteiger partial charge in [0.25, 0.3) is 0 Å². The summed E-state index contributed by atoms with van der Waals surface area (Å²) >= 11 is 0. The van der Waals surface area contributed by atoms with E-state index in [0.29, 0.717) is 12.0 Å². The Labute approximate surface area is 120 Å². The molecule has 1 atom stereocenters. The normalized spacial score (nSPS) is 21.1. The summed E-state index contributed by atoms with van der Waals surface area (Å²) in [5, 5.41) is 0. The summed E-state index contributed by atoms with van der Waals surface area (Å²) in [5.41, 5.74) is 2.72. The van der Waals surface area contributed by atoms with Gasteiger partial charge in [0.2, 0.25) is 0 Å². The number of hydrogen-bond donors (Lipinski definition) is 0. The van der Waals surface area contributed by atoms with Crippen LogP contribution in [0, 0.1) is 0 Å². The van der Waals surface area contributed by atoms with Crippen molar-refractivity contribution in [3.05, 3.63) is 71.8 Å². The first-order valence-electron chi connectivity index (χ1n) is 7.23. The highest BCUT2D eigenvalue weighted by molar-refractivity contribution is 5.21. The van der Waals surface area contributed by atoms with E-state index in [-0.39, 0.29) is 0 Å². The largest absolute Gasteiger partial charge is 0.380 e. The highest BCUT2D eigenvalue weighted by Gasteiger charge is 2.19. The average Bonchev–Trinajstić information content (AvgIpc) is 2.38. The monoisotopic (exact) mass is 268 g/mol. The summed E-state index contributed by atoms with van der Waals surface area (Å²) in [7, 11) is 0. The lowest BCUT2D eigenvalue weighted by molar-refractivity contribution is -0.0527. The smallest absolute Gasteiger partial charge is 0.0846 e. The molecule has 0 radical (unpaired) electrons. The van der Waals surface area contributed by atoms with Crippen molar-refractivity contribution in [2.24, 2.45) is 0 Å². The van der Waals surface area contributed by atoms with Crippen LogP contribution in [0.1, 0.15) is 29.6 Å². The van der Waals surface area contributed by atoms with Crippen molar-refractivity contribution in [2.45, 2.75) is 18.4 Å². The Morgan fingerprint density at radius 3 is 1.70 bits per heavy atom. The molecule has 0 saturated carbocycles. The topological polar surface area (TPSA) is 18.5 Å². The Bertz CT molecular complexity index is 452. The van der Waals surface area contributed by atoms with Crippen LogP contribution in [0.3, 0.4) is 0 Å². The van der Waals surface area contributed by atoms with Crippen LogP contribution in [0.5, 0.6) is 0 Å². The summed E-state index contributed by atoms with van der Waals surface area (Å²) in [6.45, 7) is 2.74. The first-order valence-corrected chi connectivity index (χ1v) is 7.23. The Balaban J connectivity index is 0.000000121. The molecule has 0 amide bonds. The number of benzene rings is 2. The summed E-state index contributed by atoms with van der Waals surface area (Å²) < 4.78 is 10.4. The zero-order chi connectivity index (χ0) is 13.6. The Morgan fingerprint density at radius 1 is 0.750 bits per heavy atom. The molecular weight excluding hydrogens is 248 g/mol. The molecule has 2 heterocycles. The molecule has 104 valence electrons. The van der Waals surface area contributed by atoms with E-state index in [4.69, 9.17) is 9.47 Å². The molecule has 2 aliphatic rings. The van der Waals surface area contributed by atoms with Crippen molar-refractivity contribution >= 4 is 0 Å². The summed E-state index contributed by atoms with van der Waals surface area (Å²) in [6.07, 6.45) is 1.57. The van der Waals surface area contributed by atoms with Gasteiger partial charge in [-0.05, 0) is 11.1 Å². The van der Waals surface area contributed by atoms with Gasteiger partial charge in [0.1, 0.15) is 0 Å². The fourth-order valence-electron chi connectivity index (χ4n) is 2.32. The van der Waals surface area contributed by atoms with Crippen molar-refractivity contribution in [1.82, 2.24) is 0 Å². The molecule has 4 rings (SSSR count). The molecule has 2 nitrogen and oxygen atoms in total.